The van der Waals surface area contributed by atoms with Crippen LogP contribution >= 0.6 is 0 Å². The van der Waals surface area contributed by atoms with E-state index in [4.69, 9.17) is 0 Å². The first-order valence-corrected chi connectivity index (χ1v) is 8.15. The van der Waals surface area contributed by atoms with E-state index in [-0.39, 0.29) is 11.6 Å². The number of para-hydroxylation sites is 1. The van der Waals surface area contributed by atoms with E-state index in [1.807, 2.05) is 30.3 Å². The topological polar surface area (TPSA) is 42.0 Å². The van der Waals surface area contributed by atoms with Gasteiger partial charge in [-0.25, -0.2) is 4.39 Å². The summed E-state index contributed by atoms with van der Waals surface area (Å²) in [7, 11) is 0. The summed E-state index contributed by atoms with van der Waals surface area (Å²) in [5.74, 6) is -0.122. The van der Waals surface area contributed by atoms with Gasteiger partial charge in [0, 0.05) is 18.4 Å². The van der Waals surface area contributed by atoms with Crippen LogP contribution < -0.4 is 5.32 Å². The van der Waals surface area contributed by atoms with Crippen molar-refractivity contribution < 1.29 is 9.18 Å². The molecule has 0 radical (unpaired) electrons. The van der Waals surface area contributed by atoms with E-state index in [9.17, 15) is 9.18 Å². The van der Waals surface area contributed by atoms with E-state index in [1.54, 1.807) is 6.07 Å². The van der Waals surface area contributed by atoms with Crippen LogP contribution in [0.1, 0.15) is 34.5 Å². The first kappa shape index (κ1) is 14.8. The molecule has 1 aliphatic rings. The monoisotopic (exact) mass is 320 g/mol. The first-order valence-electron chi connectivity index (χ1n) is 8.15. The summed E-state index contributed by atoms with van der Waals surface area (Å²) in [4.78, 5) is 17.2. The van der Waals surface area contributed by atoms with Crippen molar-refractivity contribution in [1.82, 2.24) is 4.98 Å². The number of hydrogen-bond donors (Lipinski definition) is 1. The number of pyridine rings is 1. The second-order valence-corrected chi connectivity index (χ2v) is 6.09. The Morgan fingerprint density at radius 2 is 1.96 bits per heavy atom. The van der Waals surface area contributed by atoms with Crippen molar-refractivity contribution in [3.8, 4) is 0 Å². The van der Waals surface area contributed by atoms with Crippen molar-refractivity contribution >= 4 is 22.4 Å². The predicted molar refractivity (Wildman–Crippen MR) is 92.7 cm³/mol. The first-order chi connectivity index (χ1) is 11.7. The van der Waals surface area contributed by atoms with E-state index in [0.717, 1.165) is 40.7 Å². The van der Waals surface area contributed by atoms with Gasteiger partial charge in [0.15, 0.2) is 5.78 Å². The number of aromatic nitrogens is 1. The van der Waals surface area contributed by atoms with Crippen molar-refractivity contribution in [1.29, 1.82) is 0 Å². The smallest absolute Gasteiger partial charge is 0.166 e. The average molecular weight is 320 g/mol. The molecule has 4 rings (SSSR count). The number of ketones is 1. The number of hydrogen-bond acceptors (Lipinski definition) is 3. The van der Waals surface area contributed by atoms with E-state index in [2.05, 4.69) is 10.3 Å². The summed E-state index contributed by atoms with van der Waals surface area (Å²) in [6, 6.07) is 14.3. The number of carbonyl (C=O) groups is 1. The zero-order valence-electron chi connectivity index (χ0n) is 13.2. The summed E-state index contributed by atoms with van der Waals surface area (Å²) in [6.45, 7) is 0.464. The van der Waals surface area contributed by atoms with Crippen LogP contribution in [-0.2, 0) is 13.0 Å². The van der Waals surface area contributed by atoms with Gasteiger partial charge in [-0.1, -0.05) is 30.3 Å². The lowest BCUT2D eigenvalue weighted by atomic mass is 9.91. The third-order valence-corrected chi connectivity index (χ3v) is 4.42. The van der Waals surface area contributed by atoms with Crippen molar-refractivity contribution in [3.05, 3.63) is 71.2 Å². The number of aryl methyl sites for hydroxylation is 1. The maximum Gasteiger partial charge on any atom is 0.166 e. The molecule has 120 valence electrons. The normalized spacial score (nSPS) is 13.8. The van der Waals surface area contributed by atoms with Gasteiger partial charge in [0.1, 0.15) is 5.82 Å². The predicted octanol–water partition coefficient (Wildman–Crippen LogP) is 4.51. The van der Waals surface area contributed by atoms with Crippen LogP contribution in [0.5, 0.6) is 0 Å². The van der Waals surface area contributed by atoms with Crippen molar-refractivity contribution in [3.63, 3.8) is 0 Å². The van der Waals surface area contributed by atoms with Crippen molar-refractivity contribution in [2.24, 2.45) is 0 Å². The van der Waals surface area contributed by atoms with Gasteiger partial charge >= 0.3 is 0 Å². The van der Waals surface area contributed by atoms with Gasteiger partial charge in [0.25, 0.3) is 0 Å². The lowest BCUT2D eigenvalue weighted by molar-refractivity contribution is 0.0972. The molecule has 3 nitrogen and oxygen atoms in total. The van der Waals surface area contributed by atoms with E-state index in [0.29, 0.717) is 18.5 Å². The molecule has 1 aliphatic carbocycles. The summed E-state index contributed by atoms with van der Waals surface area (Å²) in [5.41, 5.74) is 4.12. The Hall–Kier alpha value is -2.75. The van der Waals surface area contributed by atoms with Gasteiger partial charge in [-0.3, -0.25) is 9.78 Å². The Bertz CT molecular complexity index is 936. The van der Waals surface area contributed by atoms with Gasteiger partial charge in [0.05, 0.1) is 22.5 Å². The lowest BCUT2D eigenvalue weighted by Gasteiger charge is -2.20. The van der Waals surface area contributed by atoms with Crippen molar-refractivity contribution in [2.45, 2.75) is 25.8 Å². The minimum atomic E-state index is -0.257. The third kappa shape index (κ3) is 2.64. The van der Waals surface area contributed by atoms with Crippen LogP contribution in [0, 0.1) is 5.82 Å². The quantitative estimate of drug-likeness (QED) is 0.772. The van der Waals surface area contributed by atoms with Crippen LogP contribution in [-0.4, -0.2) is 10.8 Å². The maximum absolute atomic E-state index is 13.4. The number of Topliss-reactive ketones (excluding diaryl/α,β-unsaturated/α-hetero) is 1. The van der Waals surface area contributed by atoms with Crippen molar-refractivity contribution in [2.75, 3.05) is 5.32 Å². The van der Waals surface area contributed by atoms with Gasteiger partial charge < -0.3 is 5.32 Å². The molecule has 0 bridgehead atoms. The molecule has 4 heteroatoms. The molecule has 0 atom stereocenters. The Morgan fingerprint density at radius 3 is 2.83 bits per heavy atom. The molecule has 0 fully saturated rings. The van der Waals surface area contributed by atoms with E-state index >= 15 is 0 Å². The minimum absolute atomic E-state index is 0.135. The van der Waals surface area contributed by atoms with Crippen LogP contribution in [0.25, 0.3) is 10.9 Å². The number of fused-ring (bicyclic) bond motifs is 2. The SMILES string of the molecule is O=C1CCCc2nc3ccccc3c(NCc3cccc(F)c3)c21. The molecule has 0 aliphatic heterocycles. The van der Waals surface area contributed by atoms with E-state index in [1.165, 1.54) is 12.1 Å². The zero-order chi connectivity index (χ0) is 16.5. The fraction of sp³-hybridized carbons (Fsp3) is 0.200. The molecule has 2 aromatic carbocycles. The molecule has 0 spiro atoms. The molecule has 1 heterocycles. The molecule has 0 saturated carbocycles. The number of benzene rings is 2. The van der Waals surface area contributed by atoms with Crippen LogP contribution in [0.3, 0.4) is 0 Å². The number of nitrogens with one attached hydrogen (secondary N) is 1. The summed E-state index contributed by atoms with van der Waals surface area (Å²) >= 11 is 0. The highest BCUT2D eigenvalue weighted by Gasteiger charge is 2.24. The molecule has 1 N–H and O–H groups in total. The van der Waals surface area contributed by atoms with E-state index < -0.39 is 0 Å². The zero-order valence-corrected chi connectivity index (χ0v) is 13.2. The number of anilines is 1. The molecule has 24 heavy (non-hydrogen) atoms. The number of nitrogens with zero attached hydrogens (tertiary/aromatic N) is 1. The highest BCUT2D eigenvalue weighted by molar-refractivity contribution is 6.09. The Morgan fingerprint density at radius 1 is 1.08 bits per heavy atom. The highest BCUT2D eigenvalue weighted by atomic mass is 19.1. The van der Waals surface area contributed by atoms with Gasteiger partial charge in [-0.05, 0) is 36.6 Å². The molecule has 1 aromatic heterocycles. The van der Waals surface area contributed by atoms with Gasteiger partial charge in [0.2, 0.25) is 0 Å². The summed E-state index contributed by atoms with van der Waals surface area (Å²) in [6.07, 6.45) is 2.22. The van der Waals surface area contributed by atoms with Crippen LogP contribution in [0.2, 0.25) is 0 Å². The minimum Gasteiger partial charge on any atom is -0.380 e. The fourth-order valence-corrected chi connectivity index (χ4v) is 3.31. The number of rotatable bonds is 3. The largest absolute Gasteiger partial charge is 0.380 e. The van der Waals surface area contributed by atoms with Gasteiger partial charge in [-0.2, -0.15) is 0 Å². The maximum atomic E-state index is 13.4. The standard InChI is InChI=1S/C20H17FN2O/c21-14-6-3-5-13(11-14)12-22-20-15-7-1-2-8-16(15)23-17-9-4-10-18(24)19(17)20/h1-3,5-8,11H,4,9-10,12H2,(H,22,23). The van der Waals surface area contributed by atoms with Gasteiger partial charge in [-0.15, -0.1) is 0 Å². The lowest BCUT2D eigenvalue weighted by Crippen LogP contribution is -2.16. The summed E-state index contributed by atoms with van der Waals surface area (Å²) < 4.78 is 13.4. The molecular formula is C20H17FN2O. The Balaban J connectivity index is 1.80. The number of carbonyl (C=O) groups excluding carboxylic acids is 1. The Kier molecular flexibility index (Phi) is 3.73. The summed E-state index contributed by atoms with van der Waals surface area (Å²) in [5, 5.41) is 4.30. The third-order valence-electron chi connectivity index (χ3n) is 4.42. The molecule has 0 saturated heterocycles. The van der Waals surface area contributed by atoms with Crippen LogP contribution in [0.15, 0.2) is 48.5 Å². The number of halogens is 1. The highest BCUT2D eigenvalue weighted by Crippen LogP contribution is 2.33. The second kappa shape index (κ2) is 6.04. The average Bonchev–Trinajstić information content (AvgIpc) is 2.59. The fourth-order valence-electron chi connectivity index (χ4n) is 3.31. The molecule has 0 unspecified atom stereocenters. The molecule has 0 amide bonds. The molecule has 3 aromatic rings. The second-order valence-electron chi connectivity index (χ2n) is 6.09. The molecular weight excluding hydrogens is 303 g/mol. The Labute approximate surface area is 139 Å². The van der Waals surface area contributed by atoms with Crippen LogP contribution in [0.4, 0.5) is 10.1 Å².